The summed E-state index contributed by atoms with van der Waals surface area (Å²) in [6, 6.07) is 3.51. The summed E-state index contributed by atoms with van der Waals surface area (Å²) in [5.74, 6) is 0.120. The van der Waals surface area contributed by atoms with E-state index in [0.717, 1.165) is 0 Å². The Balaban J connectivity index is 1.57. The molecule has 0 radical (unpaired) electrons. The number of guanidine groups is 1. The largest absolute Gasteiger partial charge is 0.430 e. The average Bonchev–Trinajstić information content (AvgIpc) is 3.31. The van der Waals surface area contributed by atoms with E-state index < -0.39 is 12.5 Å². The number of carbonyl (C=O) groups excluding carboxylic acids is 1. The monoisotopic (exact) mass is 458 g/mol. The van der Waals surface area contributed by atoms with E-state index in [1.165, 1.54) is 12.4 Å². The second-order valence-corrected chi connectivity index (χ2v) is 7.36. The minimum atomic E-state index is -3.06. The maximum atomic E-state index is 13.4. The smallest absolute Gasteiger partial charge is 0.387 e. The van der Waals surface area contributed by atoms with E-state index in [0.29, 0.717) is 56.5 Å². The number of rotatable bonds is 4. The molecule has 1 aromatic heterocycles. The molecule has 1 fully saturated rings. The Morgan fingerprint density at radius 3 is 2.67 bits per heavy atom. The molecular weight excluding hydrogens is 438 g/mol. The number of nitrogens with two attached hydrogens (primary N) is 1. The number of nitrogens with zero attached hydrogens (tertiary/aromatic N) is 6. The van der Waals surface area contributed by atoms with Crippen molar-refractivity contribution in [1.29, 1.82) is 0 Å². The fourth-order valence-electron chi connectivity index (χ4n) is 3.89. The second-order valence-electron chi connectivity index (χ2n) is 7.36. The molecule has 0 bridgehead atoms. The average molecular weight is 458 g/mol. The minimum Gasteiger partial charge on any atom is -0.430 e. The first-order valence-corrected chi connectivity index (χ1v) is 10.3. The first-order valence-electron chi connectivity index (χ1n) is 10.3. The number of hydrogen-bond donors (Lipinski definition) is 2. The lowest BCUT2D eigenvalue weighted by Crippen LogP contribution is -2.47. The summed E-state index contributed by atoms with van der Waals surface area (Å²) in [6.45, 7) is -0.126. The quantitative estimate of drug-likeness (QED) is 0.694. The van der Waals surface area contributed by atoms with Crippen LogP contribution in [0.3, 0.4) is 0 Å². The van der Waals surface area contributed by atoms with Crippen molar-refractivity contribution in [3.63, 3.8) is 0 Å². The SMILES string of the molecule is Nc1ncc(C(=O)NC2=Nc3c(ccc(N4CCOCC4)c3OC(F)F)C3=NCCN23)cn1. The molecule has 3 aliphatic rings. The van der Waals surface area contributed by atoms with Crippen LogP contribution < -0.4 is 20.7 Å². The van der Waals surface area contributed by atoms with E-state index in [-0.39, 0.29) is 28.9 Å². The molecule has 0 aliphatic carbocycles. The van der Waals surface area contributed by atoms with Crippen molar-refractivity contribution in [2.75, 3.05) is 50.0 Å². The third-order valence-corrected chi connectivity index (χ3v) is 5.38. The summed E-state index contributed by atoms with van der Waals surface area (Å²) < 4.78 is 37.2. The zero-order chi connectivity index (χ0) is 22.9. The summed E-state index contributed by atoms with van der Waals surface area (Å²) in [7, 11) is 0. The van der Waals surface area contributed by atoms with Crippen LogP contribution in [0.4, 0.5) is 26.1 Å². The summed E-state index contributed by atoms with van der Waals surface area (Å²) in [5.41, 5.74) is 6.85. The number of alkyl halides is 2. The summed E-state index contributed by atoms with van der Waals surface area (Å²) in [6.07, 6.45) is 2.58. The molecule has 3 aliphatic heterocycles. The Hall–Kier alpha value is -3.87. The van der Waals surface area contributed by atoms with E-state index in [4.69, 9.17) is 15.2 Å². The zero-order valence-corrected chi connectivity index (χ0v) is 17.4. The number of fused-ring (bicyclic) bond motifs is 3. The highest BCUT2D eigenvalue weighted by molar-refractivity contribution is 6.20. The van der Waals surface area contributed by atoms with E-state index >= 15 is 0 Å². The summed E-state index contributed by atoms with van der Waals surface area (Å²) in [4.78, 5) is 33.0. The fourth-order valence-corrected chi connectivity index (χ4v) is 3.89. The maximum Gasteiger partial charge on any atom is 0.387 e. The van der Waals surface area contributed by atoms with Crippen LogP contribution in [0.15, 0.2) is 34.5 Å². The van der Waals surface area contributed by atoms with Gasteiger partial charge in [0.15, 0.2) is 5.75 Å². The number of aromatic nitrogens is 2. The van der Waals surface area contributed by atoms with Crippen LogP contribution in [0.2, 0.25) is 0 Å². The molecule has 0 atom stereocenters. The first kappa shape index (κ1) is 21.0. The number of amidine groups is 1. The Morgan fingerprint density at radius 2 is 1.94 bits per heavy atom. The lowest BCUT2D eigenvalue weighted by Gasteiger charge is -2.33. The molecule has 13 heteroatoms. The number of nitrogen functional groups attached to an aromatic ring is 1. The maximum absolute atomic E-state index is 13.4. The van der Waals surface area contributed by atoms with Gasteiger partial charge in [0.2, 0.25) is 11.9 Å². The lowest BCUT2D eigenvalue weighted by atomic mass is 10.1. The molecule has 1 aromatic carbocycles. The van der Waals surface area contributed by atoms with Crippen LogP contribution >= 0.6 is 0 Å². The van der Waals surface area contributed by atoms with E-state index in [2.05, 4.69) is 25.3 Å². The number of hydrogen-bond acceptors (Lipinski definition) is 10. The molecule has 0 unspecified atom stereocenters. The van der Waals surface area contributed by atoms with Crippen LogP contribution in [-0.4, -0.2) is 78.6 Å². The molecular formula is C20H20F2N8O3. The number of halogens is 2. The van der Waals surface area contributed by atoms with Gasteiger partial charge in [0.1, 0.15) is 11.5 Å². The van der Waals surface area contributed by atoms with Crippen molar-refractivity contribution >= 4 is 35.0 Å². The molecule has 11 nitrogen and oxygen atoms in total. The molecule has 172 valence electrons. The van der Waals surface area contributed by atoms with E-state index in [1.54, 1.807) is 17.0 Å². The predicted molar refractivity (Wildman–Crippen MR) is 115 cm³/mol. The van der Waals surface area contributed by atoms with Gasteiger partial charge >= 0.3 is 6.61 Å². The van der Waals surface area contributed by atoms with Gasteiger partial charge in [0.25, 0.3) is 5.91 Å². The Kier molecular flexibility index (Phi) is 5.46. The Morgan fingerprint density at radius 1 is 1.18 bits per heavy atom. The highest BCUT2D eigenvalue weighted by atomic mass is 19.3. The van der Waals surface area contributed by atoms with Crippen LogP contribution in [0.1, 0.15) is 15.9 Å². The van der Waals surface area contributed by atoms with Crippen LogP contribution in [0.5, 0.6) is 5.75 Å². The Bertz CT molecular complexity index is 1130. The van der Waals surface area contributed by atoms with Gasteiger partial charge in [-0.1, -0.05) is 0 Å². The van der Waals surface area contributed by atoms with Crippen LogP contribution in [-0.2, 0) is 4.74 Å². The number of nitrogens with one attached hydrogen (secondary N) is 1. The molecule has 5 rings (SSSR count). The zero-order valence-electron chi connectivity index (χ0n) is 17.4. The van der Waals surface area contributed by atoms with Crippen LogP contribution in [0, 0.1) is 0 Å². The molecule has 2 aromatic rings. The molecule has 3 N–H and O–H groups in total. The number of amides is 1. The summed E-state index contributed by atoms with van der Waals surface area (Å²) in [5, 5.41) is 2.71. The van der Waals surface area contributed by atoms with Crippen molar-refractivity contribution in [3.05, 3.63) is 35.7 Å². The topological polar surface area (TPSA) is 131 Å². The Labute approximate surface area is 186 Å². The number of morpholine rings is 1. The molecule has 33 heavy (non-hydrogen) atoms. The van der Waals surface area contributed by atoms with Gasteiger partial charge in [-0.25, -0.2) is 15.0 Å². The molecule has 0 saturated carbocycles. The number of anilines is 2. The van der Waals surface area contributed by atoms with Gasteiger partial charge in [-0.2, -0.15) is 8.78 Å². The minimum absolute atomic E-state index is 0.0360. The van der Waals surface area contributed by atoms with Crippen molar-refractivity contribution in [1.82, 2.24) is 20.2 Å². The van der Waals surface area contributed by atoms with Crippen molar-refractivity contribution < 1.29 is 23.0 Å². The molecule has 4 heterocycles. The highest BCUT2D eigenvalue weighted by Gasteiger charge is 2.34. The number of benzene rings is 1. The van der Waals surface area contributed by atoms with Crippen molar-refractivity contribution in [2.24, 2.45) is 9.98 Å². The van der Waals surface area contributed by atoms with Crippen molar-refractivity contribution in [2.45, 2.75) is 6.61 Å². The van der Waals surface area contributed by atoms with Crippen LogP contribution in [0.25, 0.3) is 0 Å². The third kappa shape index (κ3) is 4.02. The van der Waals surface area contributed by atoms with Gasteiger partial charge in [-0.05, 0) is 12.1 Å². The van der Waals surface area contributed by atoms with Gasteiger partial charge in [0, 0.05) is 37.6 Å². The van der Waals surface area contributed by atoms with E-state index in [1.807, 2.05) is 4.90 Å². The molecule has 1 amide bonds. The van der Waals surface area contributed by atoms with Crippen molar-refractivity contribution in [3.8, 4) is 5.75 Å². The summed E-state index contributed by atoms with van der Waals surface area (Å²) >= 11 is 0. The van der Waals surface area contributed by atoms with Gasteiger partial charge in [0.05, 0.1) is 31.0 Å². The third-order valence-electron chi connectivity index (χ3n) is 5.38. The predicted octanol–water partition coefficient (Wildman–Crippen LogP) is 0.990. The van der Waals surface area contributed by atoms with Gasteiger partial charge < -0.3 is 20.1 Å². The molecule has 1 saturated heterocycles. The van der Waals surface area contributed by atoms with Gasteiger partial charge in [-0.15, -0.1) is 0 Å². The standard InChI is InChI=1S/C20H20F2N8O3/c21-18(22)33-15-13(29-5-7-32-8-6-29)2-1-12-14(15)27-20(30-4-3-24-16(12)30)28-17(31)11-9-25-19(23)26-10-11/h1-2,9-10,18H,3-8H2,(H2,23,25,26)(H,27,28,31). The second kappa shape index (κ2) is 8.58. The highest BCUT2D eigenvalue weighted by Crippen LogP contribution is 2.44. The normalized spacial score (nSPS) is 17.3. The number of aliphatic imine (C=N–C) groups is 2. The number of ether oxygens (including phenoxy) is 2. The lowest BCUT2D eigenvalue weighted by molar-refractivity contribution is -0.0492. The fraction of sp³-hybridized carbons (Fsp3) is 0.350. The molecule has 0 spiro atoms. The van der Waals surface area contributed by atoms with E-state index in [9.17, 15) is 13.6 Å². The first-order chi connectivity index (χ1) is 16.0. The van der Waals surface area contributed by atoms with Gasteiger partial charge in [-0.3, -0.25) is 20.0 Å². The number of carbonyl (C=O) groups is 1.